The van der Waals surface area contributed by atoms with Crippen LogP contribution in [0.4, 0.5) is 9.52 Å². The Bertz CT molecular complexity index is 1010. The summed E-state index contributed by atoms with van der Waals surface area (Å²) in [6, 6.07) is 14.8. The van der Waals surface area contributed by atoms with Gasteiger partial charge in [0.05, 0.1) is 24.1 Å². The van der Waals surface area contributed by atoms with Crippen LogP contribution in [0, 0.1) is 5.82 Å². The lowest BCUT2D eigenvalue weighted by atomic mass is 10.1. The topological polar surface area (TPSA) is 68.5 Å². The molecule has 0 spiro atoms. The molecule has 27 heavy (non-hydrogen) atoms. The van der Waals surface area contributed by atoms with Gasteiger partial charge in [0.2, 0.25) is 5.13 Å². The molecule has 0 fully saturated rings. The Balaban J connectivity index is 1.42. The number of rotatable bonds is 6. The second kappa shape index (κ2) is 7.63. The van der Waals surface area contributed by atoms with Crippen LogP contribution in [0.2, 0.25) is 0 Å². The number of nitrogens with zero attached hydrogens (tertiary/aromatic N) is 5. The highest BCUT2D eigenvalue weighted by Crippen LogP contribution is 2.24. The normalized spacial score (nSPS) is 12.1. The molecule has 4 aromatic rings. The van der Waals surface area contributed by atoms with Crippen LogP contribution in [0.25, 0.3) is 5.69 Å². The maximum Gasteiger partial charge on any atom is 0.206 e. The molecule has 8 heteroatoms. The molecule has 6 nitrogen and oxygen atoms in total. The molecular weight excluding hydrogens is 363 g/mol. The molecule has 0 bridgehead atoms. The largest absolute Gasteiger partial charge is 0.354 e. The Hall–Kier alpha value is -3.13. The quantitative estimate of drug-likeness (QED) is 0.547. The fraction of sp³-hybridized carbons (Fsp3) is 0.158. The van der Waals surface area contributed by atoms with Crippen LogP contribution < -0.4 is 5.32 Å². The van der Waals surface area contributed by atoms with E-state index in [9.17, 15) is 4.39 Å². The van der Waals surface area contributed by atoms with Crippen LogP contribution in [0.15, 0.2) is 60.9 Å². The third-order valence-corrected chi connectivity index (χ3v) is 5.04. The van der Waals surface area contributed by atoms with E-state index in [2.05, 4.69) is 32.7 Å². The number of halogens is 1. The lowest BCUT2D eigenvalue weighted by Crippen LogP contribution is -2.06. The summed E-state index contributed by atoms with van der Waals surface area (Å²) in [5.74, 6) is -0.219. The van der Waals surface area contributed by atoms with Gasteiger partial charge in [0.15, 0.2) is 0 Å². The average molecular weight is 380 g/mol. The fourth-order valence-corrected chi connectivity index (χ4v) is 3.57. The molecule has 136 valence electrons. The van der Waals surface area contributed by atoms with E-state index in [0.29, 0.717) is 17.1 Å². The summed E-state index contributed by atoms with van der Waals surface area (Å²) in [7, 11) is 0. The van der Waals surface area contributed by atoms with Gasteiger partial charge in [0.1, 0.15) is 10.8 Å². The first kappa shape index (κ1) is 17.3. The molecule has 0 aliphatic carbocycles. The molecule has 0 aliphatic heterocycles. The predicted octanol–water partition coefficient (Wildman–Crippen LogP) is 4.02. The second-order valence-electron chi connectivity index (χ2n) is 6.07. The van der Waals surface area contributed by atoms with Crippen molar-refractivity contribution in [2.45, 2.75) is 19.4 Å². The van der Waals surface area contributed by atoms with Crippen LogP contribution in [-0.2, 0) is 6.42 Å². The fourth-order valence-electron chi connectivity index (χ4n) is 2.72. The van der Waals surface area contributed by atoms with Gasteiger partial charge in [-0.2, -0.15) is 0 Å². The van der Waals surface area contributed by atoms with Crippen molar-refractivity contribution in [2.24, 2.45) is 0 Å². The van der Waals surface area contributed by atoms with Crippen LogP contribution in [-0.4, -0.2) is 25.2 Å². The van der Waals surface area contributed by atoms with Crippen molar-refractivity contribution in [1.82, 2.24) is 25.2 Å². The highest BCUT2D eigenvalue weighted by atomic mass is 32.1. The van der Waals surface area contributed by atoms with Gasteiger partial charge in [0, 0.05) is 6.42 Å². The summed E-state index contributed by atoms with van der Waals surface area (Å²) >= 11 is 1.44. The smallest absolute Gasteiger partial charge is 0.206 e. The van der Waals surface area contributed by atoms with Crippen molar-refractivity contribution in [3.05, 3.63) is 82.9 Å². The van der Waals surface area contributed by atoms with Crippen molar-refractivity contribution in [3.8, 4) is 5.69 Å². The van der Waals surface area contributed by atoms with Crippen molar-refractivity contribution in [3.63, 3.8) is 0 Å². The average Bonchev–Trinajstić information content (AvgIpc) is 3.36. The number of hydrogen-bond donors (Lipinski definition) is 1. The van der Waals surface area contributed by atoms with Gasteiger partial charge < -0.3 is 5.32 Å². The minimum Gasteiger partial charge on any atom is -0.354 e. The predicted molar refractivity (Wildman–Crippen MR) is 103 cm³/mol. The molecule has 2 aromatic heterocycles. The number of anilines is 1. The van der Waals surface area contributed by atoms with E-state index in [1.54, 1.807) is 29.2 Å². The molecule has 4 rings (SSSR count). The maximum atomic E-state index is 13.8. The standard InChI is InChI=1S/C19H17FN6S/c1-13(14-6-8-16(9-7-14)26-11-10-21-25-26)22-19-24-23-18(27-19)12-15-4-2-3-5-17(15)20/h2-11,13H,12H2,1H3,(H,22,24). The van der Waals surface area contributed by atoms with Crippen LogP contribution in [0.5, 0.6) is 0 Å². The van der Waals surface area contributed by atoms with Crippen molar-refractivity contribution >= 4 is 16.5 Å². The third-order valence-electron chi connectivity index (χ3n) is 4.19. The summed E-state index contributed by atoms with van der Waals surface area (Å²) in [5, 5.41) is 21.0. The first-order valence-corrected chi connectivity index (χ1v) is 9.29. The van der Waals surface area contributed by atoms with Gasteiger partial charge in [-0.15, -0.1) is 15.3 Å². The van der Waals surface area contributed by atoms with E-state index < -0.39 is 0 Å². The summed E-state index contributed by atoms with van der Waals surface area (Å²) in [6.07, 6.45) is 3.88. The highest BCUT2D eigenvalue weighted by molar-refractivity contribution is 7.15. The SMILES string of the molecule is CC(Nc1nnc(Cc2ccccc2F)s1)c1ccc(-n2ccnn2)cc1. The molecular formula is C19H17FN6S. The number of benzene rings is 2. The molecule has 1 N–H and O–H groups in total. The Labute approximate surface area is 159 Å². The monoisotopic (exact) mass is 380 g/mol. The van der Waals surface area contributed by atoms with Gasteiger partial charge in [-0.3, -0.25) is 0 Å². The second-order valence-corrected chi connectivity index (χ2v) is 7.14. The zero-order valence-corrected chi connectivity index (χ0v) is 15.4. The summed E-state index contributed by atoms with van der Waals surface area (Å²) in [4.78, 5) is 0. The zero-order chi connectivity index (χ0) is 18.6. The molecule has 0 amide bonds. The van der Waals surface area contributed by atoms with Crippen LogP contribution in [0.3, 0.4) is 0 Å². The molecule has 0 radical (unpaired) electrons. The molecule has 1 unspecified atom stereocenters. The molecule has 1 atom stereocenters. The Morgan fingerprint density at radius 2 is 1.93 bits per heavy atom. The summed E-state index contributed by atoms with van der Waals surface area (Å²) < 4.78 is 15.5. The van der Waals surface area contributed by atoms with Gasteiger partial charge in [-0.05, 0) is 36.2 Å². The molecule has 0 saturated heterocycles. The molecule has 0 saturated carbocycles. The summed E-state index contributed by atoms with van der Waals surface area (Å²) in [6.45, 7) is 2.06. The maximum absolute atomic E-state index is 13.8. The third kappa shape index (κ3) is 4.01. The van der Waals surface area contributed by atoms with E-state index in [1.165, 1.54) is 17.4 Å². The number of hydrogen-bond acceptors (Lipinski definition) is 6. The van der Waals surface area contributed by atoms with Crippen LogP contribution >= 0.6 is 11.3 Å². The van der Waals surface area contributed by atoms with Crippen LogP contribution in [0.1, 0.15) is 29.1 Å². The Kier molecular flexibility index (Phi) is 4.88. The minimum absolute atomic E-state index is 0.0593. The first-order chi connectivity index (χ1) is 13.2. The van der Waals surface area contributed by atoms with E-state index in [0.717, 1.165) is 16.3 Å². The first-order valence-electron chi connectivity index (χ1n) is 8.48. The van der Waals surface area contributed by atoms with E-state index in [1.807, 2.05) is 30.3 Å². The number of nitrogens with one attached hydrogen (secondary N) is 1. The van der Waals surface area contributed by atoms with Crippen molar-refractivity contribution in [2.75, 3.05) is 5.32 Å². The van der Waals surface area contributed by atoms with Gasteiger partial charge in [0.25, 0.3) is 0 Å². The summed E-state index contributed by atoms with van der Waals surface area (Å²) in [5.41, 5.74) is 2.69. The van der Waals surface area contributed by atoms with Gasteiger partial charge >= 0.3 is 0 Å². The van der Waals surface area contributed by atoms with Gasteiger partial charge in [-0.1, -0.05) is 46.9 Å². The minimum atomic E-state index is -0.219. The van der Waals surface area contributed by atoms with E-state index >= 15 is 0 Å². The lowest BCUT2D eigenvalue weighted by molar-refractivity contribution is 0.613. The molecule has 2 aromatic carbocycles. The Morgan fingerprint density at radius 1 is 1.11 bits per heavy atom. The Morgan fingerprint density at radius 3 is 2.67 bits per heavy atom. The van der Waals surface area contributed by atoms with Crippen molar-refractivity contribution in [1.29, 1.82) is 0 Å². The van der Waals surface area contributed by atoms with E-state index in [4.69, 9.17) is 0 Å². The lowest BCUT2D eigenvalue weighted by Gasteiger charge is -2.13. The zero-order valence-electron chi connectivity index (χ0n) is 14.6. The van der Waals surface area contributed by atoms with Crippen molar-refractivity contribution < 1.29 is 4.39 Å². The van der Waals surface area contributed by atoms with Gasteiger partial charge in [-0.25, -0.2) is 9.07 Å². The van der Waals surface area contributed by atoms with E-state index in [-0.39, 0.29) is 11.9 Å². The number of aromatic nitrogens is 5. The molecule has 2 heterocycles. The molecule has 0 aliphatic rings. The highest BCUT2D eigenvalue weighted by Gasteiger charge is 2.11.